The molecule has 0 spiro atoms. The minimum Gasteiger partial charge on any atom is -0.272 e. The van der Waals surface area contributed by atoms with E-state index in [0.717, 1.165) is 12.1 Å². The summed E-state index contributed by atoms with van der Waals surface area (Å²) in [4.78, 5) is 19.8. The van der Waals surface area contributed by atoms with Crippen LogP contribution in [0.2, 0.25) is 0 Å². The first-order valence-corrected chi connectivity index (χ1v) is 4.91. The van der Waals surface area contributed by atoms with Crippen LogP contribution in [0.4, 0.5) is 5.82 Å². The normalized spacial score (nSPS) is 20.7. The third-order valence-corrected chi connectivity index (χ3v) is 2.44. The number of nitrogens with zero attached hydrogens (tertiary/aromatic N) is 4. The first-order valence-electron chi connectivity index (χ1n) is 4.91. The molecule has 1 unspecified atom stereocenters. The molecule has 0 radical (unpaired) electrons. The Labute approximate surface area is 87.8 Å². The van der Waals surface area contributed by atoms with Crippen LogP contribution in [0.25, 0.3) is 0 Å². The Morgan fingerprint density at radius 1 is 1.47 bits per heavy atom. The van der Waals surface area contributed by atoms with Crippen LogP contribution in [0.5, 0.6) is 0 Å². The van der Waals surface area contributed by atoms with Gasteiger partial charge < -0.3 is 0 Å². The molecule has 0 bridgehead atoms. The maximum Gasteiger partial charge on any atom is 0.257 e. The van der Waals surface area contributed by atoms with E-state index in [9.17, 15) is 4.79 Å². The van der Waals surface area contributed by atoms with Gasteiger partial charge in [-0.1, -0.05) is 6.92 Å². The molecule has 1 aliphatic rings. The highest BCUT2D eigenvalue weighted by molar-refractivity contribution is 6.14. The third kappa shape index (κ3) is 1.60. The Morgan fingerprint density at radius 2 is 2.27 bits per heavy atom. The van der Waals surface area contributed by atoms with Crippen molar-refractivity contribution in [3.63, 3.8) is 0 Å². The Kier molecular flexibility index (Phi) is 2.45. The number of amides is 1. The first-order chi connectivity index (χ1) is 7.24. The molecule has 5 nitrogen and oxygen atoms in total. The molecule has 0 saturated carbocycles. The summed E-state index contributed by atoms with van der Waals surface area (Å²) in [5, 5.41) is 5.57. The lowest BCUT2D eigenvalue weighted by molar-refractivity contribution is -0.119. The molecule has 5 heteroatoms. The molecule has 1 aromatic heterocycles. The highest BCUT2D eigenvalue weighted by atomic mass is 16.2. The molecule has 1 aromatic rings. The van der Waals surface area contributed by atoms with Gasteiger partial charge in [-0.25, -0.2) is 4.98 Å². The highest BCUT2D eigenvalue weighted by Crippen LogP contribution is 2.21. The van der Waals surface area contributed by atoms with Crippen LogP contribution in [0.1, 0.15) is 20.3 Å². The summed E-state index contributed by atoms with van der Waals surface area (Å²) in [6, 6.07) is 0. The standard InChI is InChI=1S/C10H12N4O/c1-3-8-7(2)10(15)14(13-8)9-6-11-4-5-12-9/h4-7H,3H2,1-2H3. The molecule has 2 heterocycles. The van der Waals surface area contributed by atoms with Crippen molar-refractivity contribution in [1.82, 2.24) is 9.97 Å². The molecule has 0 saturated heterocycles. The fraction of sp³-hybridized carbons (Fsp3) is 0.400. The van der Waals surface area contributed by atoms with Crippen LogP contribution in [0, 0.1) is 5.92 Å². The lowest BCUT2D eigenvalue weighted by atomic mass is 10.0. The Hall–Kier alpha value is -1.78. The number of hydrogen-bond donors (Lipinski definition) is 0. The summed E-state index contributed by atoms with van der Waals surface area (Å²) < 4.78 is 0. The van der Waals surface area contributed by atoms with E-state index in [1.165, 1.54) is 11.2 Å². The van der Waals surface area contributed by atoms with Gasteiger partial charge in [-0.3, -0.25) is 9.78 Å². The maximum absolute atomic E-state index is 11.8. The summed E-state index contributed by atoms with van der Waals surface area (Å²) in [7, 11) is 0. The van der Waals surface area contributed by atoms with Gasteiger partial charge in [0.25, 0.3) is 5.91 Å². The fourth-order valence-electron chi connectivity index (χ4n) is 1.53. The van der Waals surface area contributed by atoms with Gasteiger partial charge in [0, 0.05) is 12.4 Å². The van der Waals surface area contributed by atoms with E-state index in [4.69, 9.17) is 0 Å². The minimum absolute atomic E-state index is 0.0349. The van der Waals surface area contributed by atoms with Crippen LogP contribution >= 0.6 is 0 Å². The van der Waals surface area contributed by atoms with Crippen molar-refractivity contribution < 1.29 is 4.79 Å². The zero-order valence-corrected chi connectivity index (χ0v) is 8.71. The lowest BCUT2D eigenvalue weighted by Gasteiger charge is -2.09. The number of hydrogen-bond acceptors (Lipinski definition) is 4. The highest BCUT2D eigenvalue weighted by Gasteiger charge is 2.32. The largest absolute Gasteiger partial charge is 0.272 e. The molecule has 2 rings (SSSR count). The molecule has 15 heavy (non-hydrogen) atoms. The molecule has 1 aliphatic heterocycles. The van der Waals surface area contributed by atoms with E-state index in [2.05, 4.69) is 15.1 Å². The van der Waals surface area contributed by atoms with Gasteiger partial charge in [0.2, 0.25) is 0 Å². The van der Waals surface area contributed by atoms with Crippen molar-refractivity contribution in [3.8, 4) is 0 Å². The predicted octanol–water partition coefficient (Wildman–Crippen LogP) is 1.23. The maximum atomic E-state index is 11.8. The average Bonchev–Trinajstić information content (AvgIpc) is 2.57. The second kappa shape index (κ2) is 3.76. The molecule has 0 aromatic carbocycles. The van der Waals surface area contributed by atoms with Crippen molar-refractivity contribution in [2.24, 2.45) is 11.0 Å². The number of rotatable bonds is 2. The second-order valence-electron chi connectivity index (χ2n) is 3.38. The van der Waals surface area contributed by atoms with Crippen LogP contribution in [0.3, 0.4) is 0 Å². The van der Waals surface area contributed by atoms with Gasteiger partial charge in [-0.2, -0.15) is 10.1 Å². The lowest BCUT2D eigenvalue weighted by Crippen LogP contribution is -2.26. The van der Waals surface area contributed by atoms with Crippen LogP contribution in [0.15, 0.2) is 23.7 Å². The summed E-state index contributed by atoms with van der Waals surface area (Å²) in [5.74, 6) is 0.308. The Balaban J connectivity index is 2.33. The van der Waals surface area contributed by atoms with Crippen molar-refractivity contribution in [1.29, 1.82) is 0 Å². The van der Waals surface area contributed by atoms with Gasteiger partial charge in [-0.15, -0.1) is 0 Å². The zero-order valence-electron chi connectivity index (χ0n) is 8.71. The topological polar surface area (TPSA) is 58.5 Å². The Bertz CT molecular complexity index is 401. The summed E-state index contributed by atoms with van der Waals surface area (Å²) in [6.07, 6.45) is 5.43. The van der Waals surface area contributed by atoms with E-state index in [1.54, 1.807) is 12.4 Å². The smallest absolute Gasteiger partial charge is 0.257 e. The van der Waals surface area contributed by atoms with Gasteiger partial charge in [0.1, 0.15) is 0 Å². The predicted molar refractivity (Wildman–Crippen MR) is 56.4 cm³/mol. The number of carbonyl (C=O) groups excluding carboxylic acids is 1. The van der Waals surface area contributed by atoms with Crippen molar-refractivity contribution in [3.05, 3.63) is 18.6 Å². The second-order valence-corrected chi connectivity index (χ2v) is 3.38. The molecule has 0 aliphatic carbocycles. The molecular weight excluding hydrogens is 192 g/mol. The number of aromatic nitrogens is 2. The molecule has 0 N–H and O–H groups in total. The van der Waals surface area contributed by atoms with Crippen LogP contribution in [-0.2, 0) is 4.79 Å². The van der Waals surface area contributed by atoms with Crippen LogP contribution < -0.4 is 5.01 Å². The SMILES string of the molecule is CCC1=NN(c2cnccn2)C(=O)C1C. The molecule has 78 valence electrons. The van der Waals surface area contributed by atoms with E-state index < -0.39 is 0 Å². The van der Waals surface area contributed by atoms with Crippen LogP contribution in [-0.4, -0.2) is 21.6 Å². The van der Waals surface area contributed by atoms with E-state index in [-0.39, 0.29) is 11.8 Å². The van der Waals surface area contributed by atoms with Gasteiger partial charge in [0.05, 0.1) is 17.8 Å². The van der Waals surface area contributed by atoms with E-state index >= 15 is 0 Å². The zero-order chi connectivity index (χ0) is 10.8. The monoisotopic (exact) mass is 204 g/mol. The molecule has 1 atom stereocenters. The van der Waals surface area contributed by atoms with Gasteiger partial charge in [-0.05, 0) is 13.3 Å². The number of anilines is 1. The van der Waals surface area contributed by atoms with Crippen molar-refractivity contribution >= 4 is 17.4 Å². The Morgan fingerprint density at radius 3 is 2.80 bits per heavy atom. The molecular formula is C10H12N4O. The van der Waals surface area contributed by atoms with Crippen molar-refractivity contribution in [2.45, 2.75) is 20.3 Å². The van der Waals surface area contributed by atoms with Gasteiger partial charge in [0.15, 0.2) is 5.82 Å². The average molecular weight is 204 g/mol. The van der Waals surface area contributed by atoms with E-state index in [0.29, 0.717) is 5.82 Å². The number of carbonyl (C=O) groups is 1. The minimum atomic E-state index is -0.142. The first kappa shape index (κ1) is 9.76. The fourth-order valence-corrected chi connectivity index (χ4v) is 1.53. The number of hydrazone groups is 1. The molecule has 0 fully saturated rings. The summed E-state index contributed by atoms with van der Waals surface area (Å²) in [6.45, 7) is 3.85. The third-order valence-electron chi connectivity index (χ3n) is 2.44. The van der Waals surface area contributed by atoms with Gasteiger partial charge >= 0.3 is 0 Å². The summed E-state index contributed by atoms with van der Waals surface area (Å²) in [5.41, 5.74) is 0.894. The quantitative estimate of drug-likeness (QED) is 0.727. The summed E-state index contributed by atoms with van der Waals surface area (Å²) >= 11 is 0. The van der Waals surface area contributed by atoms with Crippen molar-refractivity contribution in [2.75, 3.05) is 5.01 Å². The molecule has 1 amide bonds. The van der Waals surface area contributed by atoms with E-state index in [1.807, 2.05) is 13.8 Å².